The van der Waals surface area contributed by atoms with Gasteiger partial charge in [-0.3, -0.25) is 14.5 Å². The average Bonchev–Trinajstić information content (AvgIpc) is 2.40. The fourth-order valence-electron chi connectivity index (χ4n) is 2.43. The lowest BCUT2D eigenvalue weighted by Crippen LogP contribution is -2.62. The highest BCUT2D eigenvalue weighted by Gasteiger charge is 2.38. The Balaban J connectivity index is 2.07. The maximum Gasteiger partial charge on any atom is 0.240 e. The SMILES string of the molecule is Cc1cccc(N)c1NC(=O)CN1CCNC(=O)C1(C)C. The smallest absolute Gasteiger partial charge is 0.240 e. The molecule has 1 fully saturated rings. The molecule has 1 heterocycles. The van der Waals surface area contributed by atoms with Crippen LogP contribution in [0.25, 0.3) is 0 Å². The number of nitrogen functional groups attached to an aromatic ring is 1. The van der Waals surface area contributed by atoms with Crippen LogP contribution in [0.5, 0.6) is 0 Å². The molecule has 1 aliphatic heterocycles. The van der Waals surface area contributed by atoms with Crippen molar-refractivity contribution < 1.29 is 9.59 Å². The summed E-state index contributed by atoms with van der Waals surface area (Å²) in [5, 5.41) is 5.65. The number of nitrogens with one attached hydrogen (secondary N) is 2. The first-order valence-electron chi connectivity index (χ1n) is 7.00. The number of nitrogens with zero attached hydrogens (tertiary/aromatic N) is 1. The summed E-state index contributed by atoms with van der Waals surface area (Å²) in [6, 6.07) is 5.49. The largest absolute Gasteiger partial charge is 0.397 e. The van der Waals surface area contributed by atoms with Gasteiger partial charge < -0.3 is 16.4 Å². The first-order chi connectivity index (χ1) is 9.82. The van der Waals surface area contributed by atoms with Crippen LogP contribution in [0, 0.1) is 6.92 Å². The van der Waals surface area contributed by atoms with Gasteiger partial charge >= 0.3 is 0 Å². The first-order valence-corrected chi connectivity index (χ1v) is 7.00. The van der Waals surface area contributed by atoms with E-state index in [4.69, 9.17) is 5.73 Å². The van der Waals surface area contributed by atoms with Crippen molar-refractivity contribution in [1.29, 1.82) is 0 Å². The van der Waals surface area contributed by atoms with Gasteiger partial charge in [-0.1, -0.05) is 12.1 Å². The van der Waals surface area contributed by atoms with E-state index >= 15 is 0 Å². The zero-order valence-corrected chi connectivity index (χ0v) is 12.7. The molecule has 2 amide bonds. The first kappa shape index (κ1) is 15.3. The highest BCUT2D eigenvalue weighted by Crippen LogP contribution is 2.23. The Bertz CT molecular complexity index is 549. The lowest BCUT2D eigenvalue weighted by Gasteiger charge is -2.40. The molecular weight excluding hydrogens is 268 g/mol. The van der Waals surface area contributed by atoms with Crippen molar-refractivity contribution in [1.82, 2.24) is 10.2 Å². The summed E-state index contributed by atoms with van der Waals surface area (Å²) in [4.78, 5) is 26.0. The Labute approximate surface area is 124 Å². The van der Waals surface area contributed by atoms with E-state index in [1.54, 1.807) is 6.07 Å². The van der Waals surface area contributed by atoms with Crippen molar-refractivity contribution in [3.05, 3.63) is 23.8 Å². The number of hydrogen-bond acceptors (Lipinski definition) is 4. The van der Waals surface area contributed by atoms with Crippen molar-refractivity contribution >= 4 is 23.2 Å². The summed E-state index contributed by atoms with van der Waals surface area (Å²) in [6.45, 7) is 6.89. The number of nitrogens with two attached hydrogens (primary N) is 1. The van der Waals surface area contributed by atoms with Crippen molar-refractivity contribution in [3.63, 3.8) is 0 Å². The van der Waals surface area contributed by atoms with Gasteiger partial charge in [0, 0.05) is 13.1 Å². The number of aryl methyl sites for hydroxylation is 1. The minimum absolute atomic E-state index is 0.0584. The average molecular weight is 290 g/mol. The van der Waals surface area contributed by atoms with Gasteiger partial charge in [-0.25, -0.2) is 0 Å². The third kappa shape index (κ3) is 3.16. The van der Waals surface area contributed by atoms with Gasteiger partial charge in [-0.2, -0.15) is 0 Å². The molecule has 114 valence electrons. The van der Waals surface area contributed by atoms with Crippen molar-refractivity contribution in [3.8, 4) is 0 Å². The molecule has 0 saturated carbocycles. The van der Waals surface area contributed by atoms with Crippen LogP contribution < -0.4 is 16.4 Å². The highest BCUT2D eigenvalue weighted by atomic mass is 16.2. The molecule has 6 nitrogen and oxygen atoms in total. The molecule has 1 aliphatic rings. The van der Waals surface area contributed by atoms with Crippen LogP contribution in [-0.2, 0) is 9.59 Å². The standard InChI is InChI=1S/C15H22N4O2/c1-10-5-4-6-11(16)13(10)18-12(20)9-19-8-7-17-14(21)15(19,2)3/h4-6H,7-9,16H2,1-3H3,(H,17,21)(H,18,20). The number of hydrogen-bond donors (Lipinski definition) is 3. The maximum atomic E-state index is 12.2. The number of para-hydroxylation sites is 1. The number of piperazine rings is 1. The number of benzene rings is 1. The van der Waals surface area contributed by atoms with E-state index in [1.807, 2.05) is 37.8 Å². The van der Waals surface area contributed by atoms with Crippen LogP contribution in [0.3, 0.4) is 0 Å². The molecule has 0 aliphatic carbocycles. The Morgan fingerprint density at radius 2 is 2.19 bits per heavy atom. The van der Waals surface area contributed by atoms with E-state index in [0.29, 0.717) is 24.5 Å². The van der Waals surface area contributed by atoms with E-state index in [1.165, 1.54) is 0 Å². The normalized spacial score (nSPS) is 18.1. The van der Waals surface area contributed by atoms with Crippen LogP contribution in [0.2, 0.25) is 0 Å². The van der Waals surface area contributed by atoms with Gasteiger partial charge in [-0.05, 0) is 32.4 Å². The summed E-state index contributed by atoms with van der Waals surface area (Å²) >= 11 is 0. The van der Waals surface area contributed by atoms with E-state index in [2.05, 4.69) is 10.6 Å². The second kappa shape index (κ2) is 5.73. The molecule has 1 aromatic rings. The lowest BCUT2D eigenvalue weighted by atomic mass is 9.99. The molecule has 0 aromatic heterocycles. The molecule has 0 unspecified atom stereocenters. The predicted molar refractivity (Wildman–Crippen MR) is 82.9 cm³/mol. The van der Waals surface area contributed by atoms with Crippen molar-refractivity contribution in [2.45, 2.75) is 26.3 Å². The van der Waals surface area contributed by atoms with Crippen LogP contribution in [0.1, 0.15) is 19.4 Å². The lowest BCUT2D eigenvalue weighted by molar-refractivity contribution is -0.136. The molecular formula is C15H22N4O2. The zero-order chi connectivity index (χ0) is 15.6. The third-order valence-electron chi connectivity index (χ3n) is 3.92. The molecule has 0 bridgehead atoms. The number of carbonyl (C=O) groups is 2. The summed E-state index contributed by atoms with van der Waals surface area (Å²) < 4.78 is 0. The summed E-state index contributed by atoms with van der Waals surface area (Å²) in [6.07, 6.45) is 0. The maximum absolute atomic E-state index is 12.2. The van der Waals surface area contributed by atoms with Crippen LogP contribution >= 0.6 is 0 Å². The van der Waals surface area contributed by atoms with Gasteiger partial charge in [0.25, 0.3) is 0 Å². The van der Waals surface area contributed by atoms with Gasteiger partial charge in [0.2, 0.25) is 11.8 Å². The third-order valence-corrected chi connectivity index (χ3v) is 3.92. The summed E-state index contributed by atoms with van der Waals surface area (Å²) in [5.74, 6) is -0.226. The van der Waals surface area contributed by atoms with Gasteiger partial charge in [-0.15, -0.1) is 0 Å². The Morgan fingerprint density at radius 3 is 2.86 bits per heavy atom. The fourth-order valence-corrected chi connectivity index (χ4v) is 2.43. The van der Waals surface area contributed by atoms with Gasteiger partial charge in [0.05, 0.1) is 23.5 Å². The number of carbonyl (C=O) groups excluding carboxylic acids is 2. The number of rotatable bonds is 3. The second-order valence-electron chi connectivity index (χ2n) is 5.82. The predicted octanol–water partition coefficient (Wildman–Crippen LogP) is 0.726. The zero-order valence-electron chi connectivity index (χ0n) is 12.7. The fraction of sp³-hybridized carbons (Fsp3) is 0.467. The monoisotopic (exact) mass is 290 g/mol. The molecule has 6 heteroatoms. The van der Waals surface area contributed by atoms with Gasteiger partial charge in [0.15, 0.2) is 0 Å². The Kier molecular flexibility index (Phi) is 4.18. The summed E-state index contributed by atoms with van der Waals surface area (Å²) in [7, 11) is 0. The molecule has 21 heavy (non-hydrogen) atoms. The molecule has 0 spiro atoms. The van der Waals surface area contributed by atoms with Crippen molar-refractivity contribution in [2.24, 2.45) is 0 Å². The van der Waals surface area contributed by atoms with Gasteiger partial charge in [0.1, 0.15) is 0 Å². The molecule has 2 rings (SSSR count). The van der Waals surface area contributed by atoms with E-state index in [9.17, 15) is 9.59 Å². The van der Waals surface area contributed by atoms with Crippen molar-refractivity contribution in [2.75, 3.05) is 30.7 Å². The minimum atomic E-state index is -0.688. The topological polar surface area (TPSA) is 87.5 Å². The second-order valence-corrected chi connectivity index (χ2v) is 5.82. The molecule has 0 atom stereocenters. The quantitative estimate of drug-likeness (QED) is 0.716. The van der Waals surface area contributed by atoms with Crippen LogP contribution in [0.15, 0.2) is 18.2 Å². The highest BCUT2D eigenvalue weighted by molar-refractivity contribution is 5.96. The van der Waals surface area contributed by atoms with Crippen LogP contribution in [0.4, 0.5) is 11.4 Å². The van der Waals surface area contributed by atoms with E-state index in [0.717, 1.165) is 5.56 Å². The molecule has 1 aromatic carbocycles. The molecule has 4 N–H and O–H groups in total. The molecule has 1 saturated heterocycles. The molecule has 0 radical (unpaired) electrons. The Hall–Kier alpha value is -2.08. The van der Waals surface area contributed by atoms with Crippen LogP contribution in [-0.4, -0.2) is 41.9 Å². The Morgan fingerprint density at radius 1 is 1.48 bits per heavy atom. The van der Waals surface area contributed by atoms with E-state index < -0.39 is 5.54 Å². The number of anilines is 2. The number of amides is 2. The summed E-state index contributed by atoms with van der Waals surface area (Å²) in [5.41, 5.74) is 7.30. The minimum Gasteiger partial charge on any atom is -0.397 e. The van der Waals surface area contributed by atoms with E-state index in [-0.39, 0.29) is 18.4 Å².